The van der Waals surface area contributed by atoms with Gasteiger partial charge < -0.3 is 20.5 Å². The molecule has 2 heterocycles. The van der Waals surface area contributed by atoms with Gasteiger partial charge in [0.1, 0.15) is 18.2 Å². The summed E-state index contributed by atoms with van der Waals surface area (Å²) in [5.41, 5.74) is 5.87. The molecular formula is C14H24N4O2. The van der Waals surface area contributed by atoms with E-state index < -0.39 is 0 Å². The maximum atomic E-state index is 9.20. The van der Waals surface area contributed by atoms with Crippen LogP contribution >= 0.6 is 0 Å². The van der Waals surface area contributed by atoms with Crippen LogP contribution in [-0.4, -0.2) is 40.9 Å². The number of nitrogens with two attached hydrogens (primary N) is 1. The fourth-order valence-electron chi connectivity index (χ4n) is 2.66. The Morgan fingerprint density at radius 3 is 3.05 bits per heavy atom. The molecule has 1 atom stereocenters. The van der Waals surface area contributed by atoms with Crippen LogP contribution in [0, 0.1) is 0 Å². The summed E-state index contributed by atoms with van der Waals surface area (Å²) in [6, 6.07) is 2.15. The van der Waals surface area contributed by atoms with Crippen molar-refractivity contribution in [2.24, 2.45) is 0 Å². The summed E-state index contributed by atoms with van der Waals surface area (Å²) >= 11 is 0. The Balaban J connectivity index is 2.18. The molecule has 0 aliphatic carbocycles. The van der Waals surface area contributed by atoms with Crippen molar-refractivity contribution >= 4 is 11.6 Å². The number of rotatable bonds is 6. The van der Waals surface area contributed by atoms with Crippen LogP contribution in [0.1, 0.15) is 38.4 Å². The van der Waals surface area contributed by atoms with E-state index in [0.29, 0.717) is 30.9 Å². The first-order valence-corrected chi connectivity index (χ1v) is 7.33. The normalized spacial score (nSPS) is 19.3. The standard InChI is InChI=1S/C14H24N4O2/c1-2-20-10-13-16-12(15)9-14(17-13)18-7-4-3-5-11(18)6-8-19/h9,11,19H,2-8,10H2,1H3,(H2,15,16,17). The van der Waals surface area contributed by atoms with Gasteiger partial charge in [0.15, 0.2) is 5.82 Å². The van der Waals surface area contributed by atoms with E-state index in [1.807, 2.05) is 13.0 Å². The second kappa shape index (κ2) is 7.40. The topological polar surface area (TPSA) is 84.5 Å². The van der Waals surface area contributed by atoms with E-state index in [4.69, 9.17) is 10.5 Å². The molecule has 6 nitrogen and oxygen atoms in total. The molecule has 1 saturated heterocycles. The van der Waals surface area contributed by atoms with Gasteiger partial charge in [-0.3, -0.25) is 0 Å². The van der Waals surface area contributed by atoms with Crippen LogP contribution in [0.5, 0.6) is 0 Å². The highest BCUT2D eigenvalue weighted by atomic mass is 16.5. The van der Waals surface area contributed by atoms with Gasteiger partial charge in [0, 0.05) is 31.9 Å². The van der Waals surface area contributed by atoms with Gasteiger partial charge in [0.25, 0.3) is 0 Å². The lowest BCUT2D eigenvalue weighted by atomic mass is 9.99. The molecule has 1 aromatic rings. The largest absolute Gasteiger partial charge is 0.396 e. The molecule has 0 amide bonds. The highest BCUT2D eigenvalue weighted by Gasteiger charge is 2.23. The zero-order valence-electron chi connectivity index (χ0n) is 12.1. The molecule has 20 heavy (non-hydrogen) atoms. The van der Waals surface area contributed by atoms with Crippen molar-refractivity contribution in [1.82, 2.24) is 9.97 Å². The number of piperidine rings is 1. The number of hydrogen-bond acceptors (Lipinski definition) is 6. The number of ether oxygens (including phenoxy) is 1. The van der Waals surface area contributed by atoms with Gasteiger partial charge in [0.05, 0.1) is 0 Å². The van der Waals surface area contributed by atoms with Crippen molar-refractivity contribution < 1.29 is 9.84 Å². The van der Waals surface area contributed by atoms with Gasteiger partial charge >= 0.3 is 0 Å². The number of hydrogen-bond donors (Lipinski definition) is 2. The van der Waals surface area contributed by atoms with Gasteiger partial charge in [-0.05, 0) is 32.6 Å². The smallest absolute Gasteiger partial charge is 0.158 e. The maximum absolute atomic E-state index is 9.20. The Labute approximate surface area is 120 Å². The van der Waals surface area contributed by atoms with Crippen molar-refractivity contribution in [2.45, 2.75) is 45.3 Å². The first-order valence-electron chi connectivity index (χ1n) is 7.33. The summed E-state index contributed by atoms with van der Waals surface area (Å²) in [5.74, 6) is 1.94. The minimum atomic E-state index is 0.202. The van der Waals surface area contributed by atoms with Gasteiger partial charge in [-0.2, -0.15) is 0 Å². The first kappa shape index (κ1) is 15.0. The van der Waals surface area contributed by atoms with Gasteiger partial charge in [0.2, 0.25) is 0 Å². The molecular weight excluding hydrogens is 256 g/mol. The second-order valence-electron chi connectivity index (χ2n) is 5.06. The van der Waals surface area contributed by atoms with Crippen LogP contribution in [0.25, 0.3) is 0 Å². The van der Waals surface area contributed by atoms with Crippen molar-refractivity contribution in [3.8, 4) is 0 Å². The fourth-order valence-corrected chi connectivity index (χ4v) is 2.66. The van der Waals surface area contributed by atoms with Crippen LogP contribution in [0.2, 0.25) is 0 Å². The summed E-state index contributed by atoms with van der Waals surface area (Å²) in [4.78, 5) is 11.0. The van der Waals surface area contributed by atoms with E-state index in [1.54, 1.807) is 0 Å². The summed E-state index contributed by atoms with van der Waals surface area (Å²) in [6.45, 7) is 4.11. The average Bonchev–Trinajstić information content (AvgIpc) is 2.45. The molecule has 1 aromatic heterocycles. The number of aromatic nitrogens is 2. The molecule has 3 N–H and O–H groups in total. The van der Waals surface area contributed by atoms with E-state index in [-0.39, 0.29) is 6.61 Å². The lowest BCUT2D eigenvalue weighted by Gasteiger charge is -2.36. The Bertz CT molecular complexity index is 426. The molecule has 2 rings (SSSR count). The number of nitrogen functional groups attached to an aromatic ring is 1. The molecule has 6 heteroatoms. The first-order chi connectivity index (χ1) is 9.74. The van der Waals surface area contributed by atoms with Crippen LogP contribution in [0.3, 0.4) is 0 Å². The molecule has 112 valence electrons. The monoisotopic (exact) mass is 280 g/mol. The molecule has 0 aromatic carbocycles. The Morgan fingerprint density at radius 2 is 2.30 bits per heavy atom. The molecule has 1 unspecified atom stereocenters. The maximum Gasteiger partial charge on any atom is 0.158 e. The third-order valence-electron chi connectivity index (χ3n) is 3.60. The van der Waals surface area contributed by atoms with Gasteiger partial charge in [-0.15, -0.1) is 0 Å². The molecule has 1 aliphatic heterocycles. The van der Waals surface area contributed by atoms with Crippen molar-refractivity contribution in [1.29, 1.82) is 0 Å². The molecule has 0 bridgehead atoms. The lowest BCUT2D eigenvalue weighted by molar-refractivity contribution is 0.128. The van der Waals surface area contributed by atoms with E-state index in [0.717, 1.165) is 31.6 Å². The van der Waals surface area contributed by atoms with Crippen molar-refractivity contribution in [3.63, 3.8) is 0 Å². The van der Waals surface area contributed by atoms with Crippen molar-refractivity contribution in [3.05, 3.63) is 11.9 Å². The van der Waals surface area contributed by atoms with E-state index >= 15 is 0 Å². The van der Waals surface area contributed by atoms with E-state index in [1.165, 1.54) is 6.42 Å². The molecule has 1 aliphatic rings. The van der Waals surface area contributed by atoms with Crippen LogP contribution in [0.4, 0.5) is 11.6 Å². The predicted molar refractivity (Wildman–Crippen MR) is 78.5 cm³/mol. The summed E-state index contributed by atoms with van der Waals surface area (Å²) in [6.07, 6.45) is 4.20. The third-order valence-corrected chi connectivity index (χ3v) is 3.60. The molecule has 0 spiro atoms. The zero-order chi connectivity index (χ0) is 14.4. The number of aliphatic hydroxyl groups is 1. The number of anilines is 2. The quantitative estimate of drug-likeness (QED) is 0.818. The van der Waals surface area contributed by atoms with E-state index in [9.17, 15) is 5.11 Å². The number of aliphatic hydroxyl groups excluding tert-OH is 1. The summed E-state index contributed by atoms with van der Waals surface area (Å²) in [7, 11) is 0. The lowest BCUT2D eigenvalue weighted by Crippen LogP contribution is -2.40. The van der Waals surface area contributed by atoms with Gasteiger partial charge in [-0.1, -0.05) is 0 Å². The Morgan fingerprint density at radius 1 is 1.45 bits per heavy atom. The highest BCUT2D eigenvalue weighted by Crippen LogP contribution is 2.26. The highest BCUT2D eigenvalue weighted by molar-refractivity contribution is 5.48. The Kier molecular flexibility index (Phi) is 5.55. The minimum absolute atomic E-state index is 0.202. The third kappa shape index (κ3) is 3.80. The van der Waals surface area contributed by atoms with Gasteiger partial charge in [-0.25, -0.2) is 9.97 Å². The number of nitrogens with zero attached hydrogens (tertiary/aromatic N) is 3. The minimum Gasteiger partial charge on any atom is -0.396 e. The van der Waals surface area contributed by atoms with Crippen LogP contribution in [-0.2, 0) is 11.3 Å². The summed E-state index contributed by atoms with van der Waals surface area (Å²) < 4.78 is 5.35. The fraction of sp³-hybridized carbons (Fsp3) is 0.714. The van der Waals surface area contributed by atoms with Crippen molar-refractivity contribution in [2.75, 3.05) is 30.4 Å². The Hall–Kier alpha value is -1.40. The molecule has 0 radical (unpaired) electrons. The predicted octanol–water partition coefficient (Wildman–Crippen LogP) is 1.34. The van der Waals surface area contributed by atoms with Crippen LogP contribution < -0.4 is 10.6 Å². The van der Waals surface area contributed by atoms with E-state index in [2.05, 4.69) is 14.9 Å². The summed E-state index contributed by atoms with van der Waals surface area (Å²) in [5, 5.41) is 9.20. The zero-order valence-corrected chi connectivity index (χ0v) is 12.1. The molecule has 0 saturated carbocycles. The van der Waals surface area contributed by atoms with Crippen LogP contribution in [0.15, 0.2) is 6.07 Å². The second-order valence-corrected chi connectivity index (χ2v) is 5.06. The SMILES string of the molecule is CCOCc1nc(N)cc(N2CCCCC2CCO)n1. The average molecular weight is 280 g/mol. The molecule has 1 fully saturated rings.